The topological polar surface area (TPSA) is 30.4 Å². The smallest absolute Gasteiger partial charge is 0.0686 e. The van der Waals surface area contributed by atoms with Gasteiger partial charge >= 0.3 is 0 Å². The summed E-state index contributed by atoms with van der Waals surface area (Å²) in [5, 5.41) is 0. The monoisotopic (exact) mass is 242 g/mol. The molecule has 18 heavy (non-hydrogen) atoms. The summed E-state index contributed by atoms with van der Waals surface area (Å²) in [5.41, 5.74) is 11.1. The SMILES string of the molecule is Cc1c(N)c2ccccn2c1CC1CCCCC1. The van der Waals surface area contributed by atoms with E-state index in [1.807, 2.05) is 0 Å². The van der Waals surface area contributed by atoms with E-state index in [1.54, 1.807) is 0 Å². The van der Waals surface area contributed by atoms with Crippen molar-refractivity contribution in [3.63, 3.8) is 0 Å². The zero-order valence-electron chi connectivity index (χ0n) is 11.2. The van der Waals surface area contributed by atoms with Crippen LogP contribution in [0, 0.1) is 12.8 Å². The largest absolute Gasteiger partial charge is 0.397 e. The summed E-state index contributed by atoms with van der Waals surface area (Å²) >= 11 is 0. The Balaban J connectivity index is 1.97. The standard InChI is InChI=1S/C16H22N2/c1-12-15(11-13-7-3-2-4-8-13)18-10-6-5-9-14(18)16(12)17/h5-6,9-10,13H,2-4,7-8,11,17H2,1H3. The van der Waals surface area contributed by atoms with Gasteiger partial charge in [0.15, 0.2) is 0 Å². The molecule has 2 nitrogen and oxygen atoms in total. The van der Waals surface area contributed by atoms with Crippen LogP contribution in [0.1, 0.15) is 43.4 Å². The maximum atomic E-state index is 6.22. The molecule has 3 rings (SSSR count). The van der Waals surface area contributed by atoms with Gasteiger partial charge in [0.05, 0.1) is 11.2 Å². The molecule has 0 aromatic carbocycles. The highest BCUT2D eigenvalue weighted by molar-refractivity contribution is 5.75. The van der Waals surface area contributed by atoms with Crippen molar-refractivity contribution < 1.29 is 0 Å². The molecule has 0 spiro atoms. The molecule has 96 valence electrons. The zero-order chi connectivity index (χ0) is 12.5. The fourth-order valence-electron chi connectivity index (χ4n) is 3.34. The number of rotatable bonds is 2. The number of hydrogen-bond acceptors (Lipinski definition) is 1. The highest BCUT2D eigenvalue weighted by Crippen LogP contribution is 2.31. The summed E-state index contributed by atoms with van der Waals surface area (Å²) in [5.74, 6) is 0.857. The van der Waals surface area contributed by atoms with E-state index < -0.39 is 0 Å². The Hall–Kier alpha value is -1.44. The minimum absolute atomic E-state index is 0.857. The number of hydrogen-bond donors (Lipinski definition) is 1. The minimum Gasteiger partial charge on any atom is -0.397 e. The molecule has 0 saturated heterocycles. The maximum Gasteiger partial charge on any atom is 0.0686 e. The van der Waals surface area contributed by atoms with Crippen molar-refractivity contribution in [2.24, 2.45) is 5.92 Å². The predicted octanol–water partition coefficient (Wildman–Crippen LogP) is 3.95. The summed E-state index contributed by atoms with van der Waals surface area (Å²) in [6.45, 7) is 2.17. The van der Waals surface area contributed by atoms with Gasteiger partial charge in [0.2, 0.25) is 0 Å². The molecule has 0 unspecified atom stereocenters. The Morgan fingerprint density at radius 1 is 1.22 bits per heavy atom. The third-order valence-electron chi connectivity index (χ3n) is 4.47. The van der Waals surface area contributed by atoms with Crippen LogP contribution in [0.25, 0.3) is 5.52 Å². The molecule has 2 heteroatoms. The Labute approximate surface area is 109 Å². The summed E-state index contributed by atoms with van der Waals surface area (Å²) < 4.78 is 2.29. The van der Waals surface area contributed by atoms with Crippen molar-refractivity contribution >= 4 is 11.2 Å². The second kappa shape index (κ2) is 4.68. The molecule has 1 aliphatic rings. The Bertz CT molecular complexity index is 547. The Kier molecular flexibility index (Phi) is 3.02. The van der Waals surface area contributed by atoms with Gasteiger partial charge in [-0.3, -0.25) is 0 Å². The molecule has 2 heterocycles. The van der Waals surface area contributed by atoms with Gasteiger partial charge in [0.25, 0.3) is 0 Å². The highest BCUT2D eigenvalue weighted by atomic mass is 14.9. The number of nitrogens with zero attached hydrogens (tertiary/aromatic N) is 1. The summed E-state index contributed by atoms with van der Waals surface area (Å²) in [6.07, 6.45) is 10.3. The van der Waals surface area contributed by atoms with Crippen LogP contribution < -0.4 is 5.73 Å². The Morgan fingerprint density at radius 3 is 2.78 bits per heavy atom. The van der Waals surface area contributed by atoms with Crippen LogP contribution in [0.2, 0.25) is 0 Å². The average molecular weight is 242 g/mol. The molecule has 1 aliphatic carbocycles. The van der Waals surface area contributed by atoms with Crippen molar-refractivity contribution in [3.05, 3.63) is 35.7 Å². The second-order valence-corrected chi connectivity index (χ2v) is 5.65. The molecular formula is C16H22N2. The molecule has 0 bridgehead atoms. The van der Waals surface area contributed by atoms with Gasteiger partial charge in [-0.15, -0.1) is 0 Å². The second-order valence-electron chi connectivity index (χ2n) is 5.65. The van der Waals surface area contributed by atoms with Gasteiger partial charge < -0.3 is 10.1 Å². The van der Waals surface area contributed by atoms with Gasteiger partial charge in [-0.2, -0.15) is 0 Å². The van der Waals surface area contributed by atoms with E-state index in [4.69, 9.17) is 5.73 Å². The first-order chi connectivity index (χ1) is 8.77. The highest BCUT2D eigenvalue weighted by Gasteiger charge is 2.19. The number of nitrogens with two attached hydrogens (primary N) is 1. The van der Waals surface area contributed by atoms with Gasteiger partial charge in [0, 0.05) is 11.9 Å². The third kappa shape index (κ3) is 1.90. The lowest BCUT2D eigenvalue weighted by Crippen LogP contribution is -2.11. The molecule has 0 radical (unpaired) electrons. The van der Waals surface area contributed by atoms with E-state index in [9.17, 15) is 0 Å². The molecule has 0 amide bonds. The van der Waals surface area contributed by atoms with Crippen molar-refractivity contribution in [1.29, 1.82) is 0 Å². The zero-order valence-corrected chi connectivity index (χ0v) is 11.2. The lowest BCUT2D eigenvalue weighted by atomic mass is 9.85. The lowest BCUT2D eigenvalue weighted by molar-refractivity contribution is 0.353. The molecule has 2 aromatic heterocycles. The lowest BCUT2D eigenvalue weighted by Gasteiger charge is -2.21. The van der Waals surface area contributed by atoms with E-state index in [2.05, 4.69) is 35.7 Å². The van der Waals surface area contributed by atoms with Gasteiger partial charge in [0.1, 0.15) is 0 Å². The van der Waals surface area contributed by atoms with E-state index in [-0.39, 0.29) is 0 Å². The van der Waals surface area contributed by atoms with Crippen molar-refractivity contribution in [2.75, 3.05) is 5.73 Å². The van der Waals surface area contributed by atoms with Gasteiger partial charge in [-0.1, -0.05) is 38.2 Å². The van der Waals surface area contributed by atoms with Crippen LogP contribution in [0.15, 0.2) is 24.4 Å². The number of fused-ring (bicyclic) bond motifs is 1. The maximum absolute atomic E-state index is 6.22. The fraction of sp³-hybridized carbons (Fsp3) is 0.500. The van der Waals surface area contributed by atoms with E-state index in [0.29, 0.717) is 0 Å². The molecule has 0 aliphatic heterocycles. The van der Waals surface area contributed by atoms with E-state index in [1.165, 1.54) is 55.3 Å². The first-order valence-electron chi connectivity index (χ1n) is 7.11. The number of nitrogen functional groups attached to an aromatic ring is 1. The van der Waals surface area contributed by atoms with Crippen LogP contribution in [-0.4, -0.2) is 4.40 Å². The van der Waals surface area contributed by atoms with E-state index >= 15 is 0 Å². The molecular weight excluding hydrogens is 220 g/mol. The van der Waals surface area contributed by atoms with Crippen LogP contribution in [0.5, 0.6) is 0 Å². The van der Waals surface area contributed by atoms with Gasteiger partial charge in [-0.25, -0.2) is 0 Å². The van der Waals surface area contributed by atoms with E-state index in [0.717, 1.165) is 11.6 Å². The number of pyridine rings is 1. The molecule has 2 aromatic rings. The number of anilines is 1. The average Bonchev–Trinajstić information content (AvgIpc) is 2.66. The first-order valence-corrected chi connectivity index (χ1v) is 7.11. The van der Waals surface area contributed by atoms with Crippen LogP contribution in [-0.2, 0) is 6.42 Å². The third-order valence-corrected chi connectivity index (χ3v) is 4.47. The molecule has 0 atom stereocenters. The minimum atomic E-state index is 0.857. The first kappa shape index (κ1) is 11.6. The fourth-order valence-corrected chi connectivity index (χ4v) is 3.34. The van der Waals surface area contributed by atoms with Crippen LogP contribution in [0.4, 0.5) is 5.69 Å². The predicted molar refractivity (Wildman–Crippen MR) is 76.8 cm³/mol. The normalized spacial score (nSPS) is 17.4. The number of aromatic nitrogens is 1. The van der Waals surface area contributed by atoms with Crippen LogP contribution in [0.3, 0.4) is 0 Å². The summed E-state index contributed by atoms with van der Waals surface area (Å²) in [7, 11) is 0. The van der Waals surface area contributed by atoms with Crippen molar-refractivity contribution in [3.8, 4) is 0 Å². The molecule has 2 N–H and O–H groups in total. The Morgan fingerprint density at radius 2 is 2.00 bits per heavy atom. The summed E-state index contributed by atoms with van der Waals surface area (Å²) in [4.78, 5) is 0. The van der Waals surface area contributed by atoms with Crippen molar-refractivity contribution in [2.45, 2.75) is 45.4 Å². The summed E-state index contributed by atoms with van der Waals surface area (Å²) in [6, 6.07) is 6.28. The molecule has 1 saturated carbocycles. The van der Waals surface area contributed by atoms with Crippen LogP contribution >= 0.6 is 0 Å². The quantitative estimate of drug-likeness (QED) is 0.849. The van der Waals surface area contributed by atoms with Crippen molar-refractivity contribution in [1.82, 2.24) is 4.40 Å². The van der Waals surface area contributed by atoms with Gasteiger partial charge in [-0.05, 0) is 37.0 Å². The molecule has 1 fully saturated rings.